The van der Waals surface area contributed by atoms with Crippen LogP contribution in [-0.2, 0) is 16.0 Å². The van der Waals surface area contributed by atoms with Crippen molar-refractivity contribution in [2.45, 2.75) is 19.4 Å². The first kappa shape index (κ1) is 11.5. The van der Waals surface area contributed by atoms with Gasteiger partial charge < -0.3 is 14.9 Å². The largest absolute Gasteiger partial charge is 0.508 e. The molecule has 1 aromatic rings. The topological polar surface area (TPSA) is 66.8 Å². The zero-order valence-corrected chi connectivity index (χ0v) is 8.51. The van der Waals surface area contributed by atoms with Gasteiger partial charge in [-0.1, -0.05) is 12.1 Å². The number of phenolic OH excluding ortho intramolecular Hbond substituents is 1. The van der Waals surface area contributed by atoms with Crippen molar-refractivity contribution in [3.8, 4) is 5.75 Å². The maximum Gasteiger partial charge on any atom is 0.335 e. The number of phenols is 1. The summed E-state index contributed by atoms with van der Waals surface area (Å²) < 4.78 is 4.65. The molecule has 0 radical (unpaired) electrons. The van der Waals surface area contributed by atoms with Crippen LogP contribution in [-0.4, -0.2) is 28.9 Å². The van der Waals surface area contributed by atoms with Crippen LogP contribution in [0.4, 0.5) is 0 Å². The molecule has 1 atom stereocenters. The Labute approximate surface area is 88.1 Å². The Morgan fingerprint density at radius 1 is 1.53 bits per heavy atom. The first-order valence-electron chi connectivity index (χ1n) is 4.76. The van der Waals surface area contributed by atoms with E-state index in [9.17, 15) is 15.0 Å². The number of aromatic hydroxyl groups is 1. The van der Waals surface area contributed by atoms with Gasteiger partial charge in [-0.15, -0.1) is 0 Å². The molecule has 0 aliphatic heterocycles. The molecule has 0 spiro atoms. The maximum atomic E-state index is 11.1. The highest BCUT2D eigenvalue weighted by molar-refractivity contribution is 5.74. The third-order valence-corrected chi connectivity index (χ3v) is 1.90. The number of carbonyl (C=O) groups is 1. The van der Waals surface area contributed by atoms with Gasteiger partial charge in [0.1, 0.15) is 5.75 Å². The molecule has 15 heavy (non-hydrogen) atoms. The van der Waals surface area contributed by atoms with Crippen LogP contribution < -0.4 is 0 Å². The highest BCUT2D eigenvalue weighted by Crippen LogP contribution is 2.12. The molecular weight excluding hydrogens is 196 g/mol. The van der Waals surface area contributed by atoms with Crippen molar-refractivity contribution in [2.75, 3.05) is 6.61 Å². The molecule has 0 fully saturated rings. The molecule has 82 valence electrons. The van der Waals surface area contributed by atoms with Crippen LogP contribution >= 0.6 is 0 Å². The Morgan fingerprint density at radius 3 is 2.87 bits per heavy atom. The molecule has 0 heterocycles. The monoisotopic (exact) mass is 210 g/mol. The fourth-order valence-electron chi connectivity index (χ4n) is 1.23. The van der Waals surface area contributed by atoms with E-state index >= 15 is 0 Å². The van der Waals surface area contributed by atoms with E-state index in [1.54, 1.807) is 19.1 Å². The van der Waals surface area contributed by atoms with E-state index in [0.29, 0.717) is 5.56 Å². The van der Waals surface area contributed by atoms with Crippen LogP contribution in [0.25, 0.3) is 0 Å². The molecule has 0 aromatic heterocycles. The predicted octanol–water partition coefficient (Wildman–Crippen LogP) is 0.859. The summed E-state index contributed by atoms with van der Waals surface area (Å²) in [6.45, 7) is 1.93. The third kappa shape index (κ3) is 3.59. The first-order valence-corrected chi connectivity index (χ1v) is 4.76. The lowest BCUT2D eigenvalue weighted by Gasteiger charge is -2.09. The van der Waals surface area contributed by atoms with E-state index in [-0.39, 0.29) is 18.8 Å². The highest BCUT2D eigenvalue weighted by atomic mass is 16.5. The van der Waals surface area contributed by atoms with E-state index in [0.717, 1.165) is 0 Å². The smallest absolute Gasteiger partial charge is 0.335 e. The standard InChI is InChI=1S/C11H14O4/c1-2-15-11(14)10(13)7-8-4-3-5-9(12)6-8/h3-6,10,12-13H,2,7H2,1H3/t10-/m1/s1. The number of hydrogen-bond acceptors (Lipinski definition) is 4. The van der Waals surface area contributed by atoms with Crippen LogP contribution in [0.2, 0.25) is 0 Å². The average Bonchev–Trinajstić information content (AvgIpc) is 2.18. The predicted molar refractivity (Wildman–Crippen MR) is 54.5 cm³/mol. The number of rotatable bonds is 4. The summed E-state index contributed by atoms with van der Waals surface area (Å²) in [5, 5.41) is 18.6. The van der Waals surface area contributed by atoms with Crippen molar-refractivity contribution in [1.82, 2.24) is 0 Å². The number of benzene rings is 1. The normalized spacial score (nSPS) is 12.1. The Kier molecular flexibility index (Phi) is 4.12. The third-order valence-electron chi connectivity index (χ3n) is 1.90. The summed E-state index contributed by atoms with van der Waals surface area (Å²) in [5.41, 5.74) is 0.690. The summed E-state index contributed by atoms with van der Waals surface area (Å²) in [4.78, 5) is 11.1. The number of esters is 1. The summed E-state index contributed by atoms with van der Waals surface area (Å²) in [6, 6.07) is 6.41. The molecule has 0 unspecified atom stereocenters. The first-order chi connectivity index (χ1) is 7.13. The second-order valence-electron chi connectivity index (χ2n) is 3.14. The van der Waals surface area contributed by atoms with Gasteiger partial charge in [0.2, 0.25) is 0 Å². The molecule has 1 rings (SSSR count). The lowest BCUT2D eigenvalue weighted by atomic mass is 10.1. The minimum Gasteiger partial charge on any atom is -0.508 e. The fraction of sp³-hybridized carbons (Fsp3) is 0.364. The van der Waals surface area contributed by atoms with Crippen LogP contribution in [0.3, 0.4) is 0 Å². The van der Waals surface area contributed by atoms with Crippen molar-refractivity contribution in [1.29, 1.82) is 0 Å². The van der Waals surface area contributed by atoms with E-state index < -0.39 is 12.1 Å². The Bertz CT molecular complexity index is 335. The molecule has 2 N–H and O–H groups in total. The minimum atomic E-state index is -1.17. The highest BCUT2D eigenvalue weighted by Gasteiger charge is 2.16. The molecule has 1 aromatic carbocycles. The number of ether oxygens (including phenoxy) is 1. The number of aliphatic hydroxyl groups excluding tert-OH is 1. The van der Waals surface area contributed by atoms with Crippen molar-refractivity contribution < 1.29 is 19.7 Å². The molecule has 0 aliphatic rings. The summed E-state index contributed by atoms with van der Waals surface area (Å²) in [5.74, 6) is -0.524. The van der Waals surface area contributed by atoms with Gasteiger partial charge in [0.15, 0.2) is 6.10 Å². The van der Waals surface area contributed by atoms with Crippen molar-refractivity contribution in [3.05, 3.63) is 29.8 Å². The van der Waals surface area contributed by atoms with Crippen LogP contribution in [0.15, 0.2) is 24.3 Å². The van der Waals surface area contributed by atoms with Crippen molar-refractivity contribution in [3.63, 3.8) is 0 Å². The molecule has 0 bridgehead atoms. The molecule has 0 amide bonds. The zero-order valence-electron chi connectivity index (χ0n) is 8.51. The second kappa shape index (κ2) is 5.36. The van der Waals surface area contributed by atoms with Crippen LogP contribution in [0, 0.1) is 0 Å². The molecule has 0 aliphatic carbocycles. The summed E-state index contributed by atoms with van der Waals surface area (Å²) >= 11 is 0. The maximum absolute atomic E-state index is 11.1. The van der Waals surface area contributed by atoms with Gasteiger partial charge in [-0.25, -0.2) is 4.79 Å². The van der Waals surface area contributed by atoms with Crippen LogP contribution in [0.1, 0.15) is 12.5 Å². The molecule has 4 heteroatoms. The van der Waals surface area contributed by atoms with E-state index in [4.69, 9.17) is 0 Å². The van der Waals surface area contributed by atoms with Gasteiger partial charge in [0, 0.05) is 6.42 Å². The minimum absolute atomic E-state index is 0.114. The lowest BCUT2D eigenvalue weighted by Crippen LogP contribution is -2.25. The van der Waals surface area contributed by atoms with Crippen molar-refractivity contribution in [2.24, 2.45) is 0 Å². The number of hydrogen-bond donors (Lipinski definition) is 2. The molecular formula is C11H14O4. The van der Waals surface area contributed by atoms with Crippen molar-refractivity contribution >= 4 is 5.97 Å². The number of aliphatic hydroxyl groups is 1. The van der Waals surface area contributed by atoms with Gasteiger partial charge in [0.25, 0.3) is 0 Å². The second-order valence-corrected chi connectivity index (χ2v) is 3.14. The van der Waals surface area contributed by atoms with Gasteiger partial charge >= 0.3 is 5.97 Å². The van der Waals surface area contributed by atoms with Gasteiger partial charge in [-0.3, -0.25) is 0 Å². The Hall–Kier alpha value is -1.55. The number of carbonyl (C=O) groups excluding carboxylic acids is 1. The Morgan fingerprint density at radius 2 is 2.27 bits per heavy atom. The van der Waals surface area contributed by atoms with E-state index in [1.807, 2.05) is 0 Å². The van der Waals surface area contributed by atoms with E-state index in [1.165, 1.54) is 12.1 Å². The molecule has 0 saturated carbocycles. The fourth-order valence-corrected chi connectivity index (χ4v) is 1.23. The van der Waals surface area contributed by atoms with E-state index in [2.05, 4.69) is 4.74 Å². The zero-order chi connectivity index (χ0) is 11.3. The summed E-state index contributed by atoms with van der Waals surface area (Å²) in [6.07, 6.45) is -1.03. The van der Waals surface area contributed by atoms with Gasteiger partial charge in [-0.05, 0) is 24.6 Å². The SMILES string of the molecule is CCOC(=O)[C@H](O)Cc1cccc(O)c1. The lowest BCUT2D eigenvalue weighted by molar-refractivity contribution is -0.152. The molecule has 0 saturated heterocycles. The Balaban J connectivity index is 2.58. The average molecular weight is 210 g/mol. The van der Waals surface area contributed by atoms with Crippen LogP contribution in [0.5, 0.6) is 5.75 Å². The van der Waals surface area contributed by atoms with Gasteiger partial charge in [-0.2, -0.15) is 0 Å². The van der Waals surface area contributed by atoms with Gasteiger partial charge in [0.05, 0.1) is 6.61 Å². The summed E-state index contributed by atoms with van der Waals surface area (Å²) in [7, 11) is 0. The molecule has 4 nitrogen and oxygen atoms in total. The quantitative estimate of drug-likeness (QED) is 0.723.